The Hall–Kier alpha value is -0.780. The number of urea groups is 1. The second-order valence-corrected chi connectivity index (χ2v) is 6.17. The van der Waals surface area contributed by atoms with Crippen LogP contribution in [-0.4, -0.2) is 38.5 Å². The van der Waals surface area contributed by atoms with Gasteiger partial charge in [0.05, 0.1) is 11.0 Å². The lowest BCUT2D eigenvalue weighted by Crippen LogP contribution is -2.41. The molecule has 1 rings (SSSR count). The number of sulfone groups is 1. The Kier molecular flexibility index (Phi) is 4.38. The molecule has 1 atom stereocenters. The van der Waals surface area contributed by atoms with Crippen LogP contribution in [0.4, 0.5) is 4.79 Å². The predicted molar refractivity (Wildman–Crippen MR) is 58.5 cm³/mol. The number of carbonyl (C=O) groups excluding carboxylic acids is 1. The molecule has 1 saturated heterocycles. The SMILES string of the molecule is CCCNC(=O)NCC1CCCS1(=O)=O. The molecule has 0 saturated carbocycles. The van der Waals surface area contributed by atoms with E-state index in [2.05, 4.69) is 10.6 Å². The zero-order chi connectivity index (χ0) is 11.3. The average molecular weight is 234 g/mol. The molecule has 2 amide bonds. The zero-order valence-electron chi connectivity index (χ0n) is 8.95. The minimum Gasteiger partial charge on any atom is -0.338 e. The van der Waals surface area contributed by atoms with Gasteiger partial charge in [-0.25, -0.2) is 13.2 Å². The highest BCUT2D eigenvalue weighted by Gasteiger charge is 2.31. The van der Waals surface area contributed by atoms with Crippen molar-refractivity contribution in [2.24, 2.45) is 0 Å². The summed E-state index contributed by atoms with van der Waals surface area (Å²) < 4.78 is 22.8. The van der Waals surface area contributed by atoms with Crippen molar-refractivity contribution in [3.05, 3.63) is 0 Å². The maximum Gasteiger partial charge on any atom is 0.314 e. The number of nitrogens with one attached hydrogen (secondary N) is 2. The van der Waals surface area contributed by atoms with Crippen molar-refractivity contribution < 1.29 is 13.2 Å². The number of amides is 2. The lowest BCUT2D eigenvalue weighted by Gasteiger charge is -2.11. The summed E-state index contributed by atoms with van der Waals surface area (Å²) in [4.78, 5) is 11.2. The van der Waals surface area contributed by atoms with Crippen molar-refractivity contribution >= 4 is 15.9 Å². The van der Waals surface area contributed by atoms with E-state index in [0.29, 0.717) is 19.4 Å². The van der Waals surface area contributed by atoms with Crippen molar-refractivity contribution in [2.45, 2.75) is 31.4 Å². The van der Waals surface area contributed by atoms with Gasteiger partial charge in [-0.1, -0.05) is 6.92 Å². The van der Waals surface area contributed by atoms with Crippen LogP contribution in [0.2, 0.25) is 0 Å². The largest absolute Gasteiger partial charge is 0.338 e. The Morgan fingerprint density at radius 2 is 2.13 bits per heavy atom. The van der Waals surface area contributed by atoms with E-state index >= 15 is 0 Å². The maximum atomic E-state index is 11.4. The summed E-state index contributed by atoms with van der Waals surface area (Å²) in [6, 6.07) is -0.279. The van der Waals surface area contributed by atoms with Crippen LogP contribution in [-0.2, 0) is 9.84 Å². The molecule has 1 heterocycles. The fourth-order valence-electron chi connectivity index (χ4n) is 1.60. The summed E-state index contributed by atoms with van der Waals surface area (Å²) in [7, 11) is -2.95. The second-order valence-electron chi connectivity index (χ2n) is 3.77. The highest BCUT2D eigenvalue weighted by Crippen LogP contribution is 2.18. The molecule has 0 aromatic heterocycles. The molecule has 1 unspecified atom stereocenters. The van der Waals surface area contributed by atoms with Gasteiger partial charge in [-0.2, -0.15) is 0 Å². The van der Waals surface area contributed by atoms with Gasteiger partial charge >= 0.3 is 6.03 Å². The molecule has 6 heteroatoms. The van der Waals surface area contributed by atoms with Gasteiger partial charge in [0.25, 0.3) is 0 Å². The molecule has 15 heavy (non-hydrogen) atoms. The van der Waals surface area contributed by atoms with E-state index in [-0.39, 0.29) is 23.6 Å². The molecule has 0 aliphatic carbocycles. The standard InChI is InChI=1S/C9H18N2O3S/c1-2-5-10-9(12)11-7-8-4-3-6-15(8,13)14/h8H,2-7H2,1H3,(H2,10,11,12). The lowest BCUT2D eigenvalue weighted by atomic mass is 10.2. The van der Waals surface area contributed by atoms with Gasteiger partial charge in [-0.3, -0.25) is 0 Å². The average Bonchev–Trinajstić information content (AvgIpc) is 2.51. The summed E-state index contributed by atoms with van der Waals surface area (Å²) in [5, 5.41) is 4.84. The van der Waals surface area contributed by atoms with Crippen molar-refractivity contribution in [2.75, 3.05) is 18.8 Å². The zero-order valence-corrected chi connectivity index (χ0v) is 9.77. The first-order valence-corrected chi connectivity index (χ1v) is 7.01. The fraction of sp³-hybridized carbons (Fsp3) is 0.889. The molecule has 2 N–H and O–H groups in total. The molecular weight excluding hydrogens is 216 g/mol. The third-order valence-corrected chi connectivity index (χ3v) is 4.76. The van der Waals surface area contributed by atoms with Gasteiger partial charge in [0.1, 0.15) is 0 Å². The van der Waals surface area contributed by atoms with E-state index in [0.717, 1.165) is 6.42 Å². The van der Waals surface area contributed by atoms with Gasteiger partial charge in [-0.05, 0) is 19.3 Å². The second kappa shape index (κ2) is 5.34. The van der Waals surface area contributed by atoms with Gasteiger partial charge in [-0.15, -0.1) is 0 Å². The van der Waals surface area contributed by atoms with Crippen LogP contribution in [0.15, 0.2) is 0 Å². The van der Waals surface area contributed by atoms with Gasteiger partial charge in [0, 0.05) is 13.1 Å². The van der Waals surface area contributed by atoms with E-state index in [1.54, 1.807) is 0 Å². The molecular formula is C9H18N2O3S. The molecule has 0 bridgehead atoms. The van der Waals surface area contributed by atoms with Crippen LogP contribution >= 0.6 is 0 Å². The minimum atomic E-state index is -2.95. The Bertz CT molecular complexity index is 313. The molecule has 88 valence electrons. The van der Waals surface area contributed by atoms with Crippen LogP contribution in [0.3, 0.4) is 0 Å². The topological polar surface area (TPSA) is 75.3 Å². The summed E-state index contributed by atoms with van der Waals surface area (Å²) in [5.41, 5.74) is 0. The summed E-state index contributed by atoms with van der Waals surface area (Å²) in [5.74, 6) is 0.260. The molecule has 0 aromatic carbocycles. The monoisotopic (exact) mass is 234 g/mol. The molecule has 0 aromatic rings. The first-order chi connectivity index (χ1) is 7.06. The third-order valence-electron chi connectivity index (χ3n) is 2.49. The molecule has 0 radical (unpaired) electrons. The Morgan fingerprint density at radius 3 is 2.67 bits per heavy atom. The molecule has 0 spiro atoms. The van der Waals surface area contributed by atoms with E-state index in [1.165, 1.54) is 0 Å². The summed E-state index contributed by atoms with van der Waals surface area (Å²) >= 11 is 0. The van der Waals surface area contributed by atoms with Crippen molar-refractivity contribution in [3.8, 4) is 0 Å². The Labute approximate surface area is 90.5 Å². The van der Waals surface area contributed by atoms with Crippen molar-refractivity contribution in [1.82, 2.24) is 10.6 Å². The molecule has 1 fully saturated rings. The first-order valence-electron chi connectivity index (χ1n) is 5.29. The highest BCUT2D eigenvalue weighted by molar-refractivity contribution is 7.92. The number of carbonyl (C=O) groups is 1. The van der Waals surface area contributed by atoms with Gasteiger partial charge in [0.15, 0.2) is 9.84 Å². The smallest absolute Gasteiger partial charge is 0.314 e. The van der Waals surface area contributed by atoms with Crippen molar-refractivity contribution in [1.29, 1.82) is 0 Å². The number of hydrogen-bond donors (Lipinski definition) is 2. The lowest BCUT2D eigenvalue weighted by molar-refractivity contribution is 0.241. The maximum absolute atomic E-state index is 11.4. The summed E-state index contributed by atoms with van der Waals surface area (Å²) in [6.45, 7) is 2.81. The van der Waals surface area contributed by atoms with Crippen LogP contribution in [0.1, 0.15) is 26.2 Å². The normalized spacial score (nSPS) is 23.7. The van der Waals surface area contributed by atoms with Crippen LogP contribution in [0.25, 0.3) is 0 Å². The van der Waals surface area contributed by atoms with Crippen molar-refractivity contribution in [3.63, 3.8) is 0 Å². The van der Waals surface area contributed by atoms with Crippen LogP contribution in [0.5, 0.6) is 0 Å². The molecule has 1 aliphatic heterocycles. The van der Waals surface area contributed by atoms with E-state index in [1.807, 2.05) is 6.92 Å². The van der Waals surface area contributed by atoms with Crippen LogP contribution < -0.4 is 10.6 Å². The fourth-order valence-corrected chi connectivity index (χ4v) is 3.36. The van der Waals surface area contributed by atoms with Crippen LogP contribution in [0, 0.1) is 0 Å². The van der Waals surface area contributed by atoms with E-state index in [9.17, 15) is 13.2 Å². The van der Waals surface area contributed by atoms with E-state index in [4.69, 9.17) is 0 Å². The Balaban J connectivity index is 2.28. The minimum absolute atomic E-state index is 0.234. The Morgan fingerprint density at radius 1 is 1.40 bits per heavy atom. The molecule has 5 nitrogen and oxygen atoms in total. The number of hydrogen-bond acceptors (Lipinski definition) is 3. The highest BCUT2D eigenvalue weighted by atomic mass is 32.2. The number of rotatable bonds is 4. The quantitative estimate of drug-likeness (QED) is 0.733. The summed E-state index contributed by atoms with van der Waals surface area (Å²) in [6.07, 6.45) is 2.25. The third kappa shape index (κ3) is 3.70. The van der Waals surface area contributed by atoms with Gasteiger partial charge in [0.2, 0.25) is 0 Å². The van der Waals surface area contributed by atoms with E-state index < -0.39 is 9.84 Å². The first kappa shape index (κ1) is 12.3. The van der Waals surface area contributed by atoms with Gasteiger partial charge < -0.3 is 10.6 Å². The molecule has 1 aliphatic rings. The predicted octanol–water partition coefficient (Wildman–Crippen LogP) is 0.273.